The topological polar surface area (TPSA) is 17.1 Å². The Morgan fingerprint density at radius 2 is 2.12 bits per heavy atom. The zero-order chi connectivity index (χ0) is 6.24. The number of hydrogen-bond acceptors (Lipinski definition) is 1. The van der Waals surface area contributed by atoms with Crippen LogP contribution in [0.5, 0.6) is 0 Å². The molecule has 1 nitrogen and oxygen atoms in total. The molecular formula is C6H9FO. The van der Waals surface area contributed by atoms with E-state index in [0.29, 0.717) is 19.2 Å². The SMILES string of the molecule is O=CCCCC=CF. The van der Waals surface area contributed by atoms with Gasteiger partial charge < -0.3 is 4.79 Å². The number of carbonyl (C=O) groups excluding carboxylic acids is 1. The van der Waals surface area contributed by atoms with E-state index < -0.39 is 0 Å². The monoisotopic (exact) mass is 116 g/mol. The number of halogens is 1. The van der Waals surface area contributed by atoms with Crippen LogP contribution in [-0.4, -0.2) is 6.29 Å². The van der Waals surface area contributed by atoms with Gasteiger partial charge in [-0.2, -0.15) is 0 Å². The van der Waals surface area contributed by atoms with E-state index in [1.54, 1.807) is 0 Å². The fourth-order valence-corrected chi connectivity index (χ4v) is 0.382. The molecule has 0 saturated carbocycles. The normalized spacial score (nSPS) is 10.1. The van der Waals surface area contributed by atoms with Gasteiger partial charge in [0, 0.05) is 6.42 Å². The molecule has 0 aliphatic heterocycles. The van der Waals surface area contributed by atoms with Crippen molar-refractivity contribution < 1.29 is 9.18 Å². The Morgan fingerprint density at radius 1 is 1.38 bits per heavy atom. The molecule has 0 bridgehead atoms. The summed E-state index contributed by atoms with van der Waals surface area (Å²) in [5.41, 5.74) is 0. The van der Waals surface area contributed by atoms with E-state index in [9.17, 15) is 9.18 Å². The van der Waals surface area contributed by atoms with Gasteiger partial charge in [0.15, 0.2) is 0 Å². The van der Waals surface area contributed by atoms with Gasteiger partial charge in [-0.3, -0.25) is 0 Å². The van der Waals surface area contributed by atoms with Gasteiger partial charge in [-0.15, -0.1) is 0 Å². The Labute approximate surface area is 48.2 Å². The summed E-state index contributed by atoms with van der Waals surface area (Å²) in [5.74, 6) is 0. The second-order valence-electron chi connectivity index (χ2n) is 1.46. The molecule has 0 aromatic heterocycles. The summed E-state index contributed by atoms with van der Waals surface area (Å²) in [6, 6.07) is 0. The molecule has 0 spiro atoms. The summed E-state index contributed by atoms with van der Waals surface area (Å²) in [5, 5.41) is 0. The summed E-state index contributed by atoms with van der Waals surface area (Å²) >= 11 is 0. The Hall–Kier alpha value is -0.660. The van der Waals surface area contributed by atoms with Crippen LogP contribution in [0.15, 0.2) is 12.4 Å². The summed E-state index contributed by atoms with van der Waals surface area (Å²) in [6.07, 6.45) is 4.70. The molecule has 0 aliphatic rings. The maximum Gasteiger partial charge on any atom is 0.120 e. The molecule has 0 fully saturated rings. The van der Waals surface area contributed by atoms with Gasteiger partial charge in [-0.1, -0.05) is 6.08 Å². The molecule has 8 heavy (non-hydrogen) atoms. The van der Waals surface area contributed by atoms with Gasteiger partial charge in [0.05, 0.1) is 6.33 Å². The lowest BCUT2D eigenvalue weighted by Crippen LogP contribution is -1.72. The second-order valence-corrected chi connectivity index (χ2v) is 1.46. The number of rotatable bonds is 4. The zero-order valence-electron chi connectivity index (χ0n) is 4.64. The number of allylic oxidation sites excluding steroid dienone is 1. The number of unbranched alkanes of at least 4 members (excludes halogenated alkanes) is 2. The van der Waals surface area contributed by atoms with Crippen molar-refractivity contribution in [1.29, 1.82) is 0 Å². The predicted molar refractivity (Wildman–Crippen MR) is 30.2 cm³/mol. The maximum atomic E-state index is 11.2. The van der Waals surface area contributed by atoms with Gasteiger partial charge in [-0.25, -0.2) is 4.39 Å². The molecular weight excluding hydrogens is 107 g/mol. The van der Waals surface area contributed by atoms with Gasteiger partial charge in [-0.05, 0) is 12.8 Å². The minimum absolute atomic E-state index is 0.505. The van der Waals surface area contributed by atoms with Crippen molar-refractivity contribution in [2.24, 2.45) is 0 Å². The zero-order valence-corrected chi connectivity index (χ0v) is 4.64. The molecule has 0 rings (SSSR count). The lowest BCUT2D eigenvalue weighted by molar-refractivity contribution is -0.107. The highest BCUT2D eigenvalue weighted by atomic mass is 19.1. The molecule has 0 atom stereocenters. The first-order valence-corrected chi connectivity index (χ1v) is 2.60. The Kier molecular flexibility index (Phi) is 5.82. The van der Waals surface area contributed by atoms with Crippen LogP contribution in [-0.2, 0) is 4.79 Å². The molecule has 0 aromatic rings. The standard InChI is InChI=1S/C6H9FO/c7-5-3-1-2-4-6-8/h3,5-6H,1-2,4H2. The fourth-order valence-electron chi connectivity index (χ4n) is 0.382. The molecule has 0 aromatic carbocycles. The van der Waals surface area contributed by atoms with Gasteiger partial charge in [0.1, 0.15) is 6.29 Å². The van der Waals surface area contributed by atoms with Crippen LogP contribution in [0.3, 0.4) is 0 Å². The second kappa shape index (κ2) is 6.34. The number of carbonyl (C=O) groups is 1. The highest BCUT2D eigenvalue weighted by Crippen LogP contribution is 1.92. The van der Waals surface area contributed by atoms with Gasteiger partial charge in [0.25, 0.3) is 0 Å². The summed E-state index contributed by atoms with van der Waals surface area (Å²) in [6.45, 7) is 0. The van der Waals surface area contributed by atoms with Crippen molar-refractivity contribution in [3.8, 4) is 0 Å². The fraction of sp³-hybridized carbons (Fsp3) is 0.500. The molecule has 0 saturated heterocycles. The molecule has 0 N–H and O–H groups in total. The van der Waals surface area contributed by atoms with Crippen molar-refractivity contribution in [1.82, 2.24) is 0 Å². The molecule has 0 aliphatic carbocycles. The van der Waals surface area contributed by atoms with Crippen molar-refractivity contribution in [2.45, 2.75) is 19.3 Å². The summed E-state index contributed by atoms with van der Waals surface area (Å²) in [4.78, 5) is 9.65. The minimum Gasteiger partial charge on any atom is -0.303 e. The molecule has 0 amide bonds. The van der Waals surface area contributed by atoms with E-state index in [1.807, 2.05) is 0 Å². The predicted octanol–water partition coefficient (Wildman–Crippen LogP) is 1.84. The van der Waals surface area contributed by atoms with E-state index in [0.717, 1.165) is 12.7 Å². The average Bonchev–Trinajstić information content (AvgIpc) is 1.81. The molecule has 2 heteroatoms. The first-order chi connectivity index (χ1) is 3.91. The third kappa shape index (κ3) is 5.34. The van der Waals surface area contributed by atoms with E-state index in [2.05, 4.69) is 0 Å². The van der Waals surface area contributed by atoms with Crippen molar-refractivity contribution >= 4 is 6.29 Å². The first-order valence-electron chi connectivity index (χ1n) is 2.60. The smallest absolute Gasteiger partial charge is 0.120 e. The highest BCUT2D eigenvalue weighted by Gasteiger charge is 1.79. The number of aldehydes is 1. The lowest BCUT2D eigenvalue weighted by atomic mass is 10.2. The minimum atomic E-state index is 0.505. The van der Waals surface area contributed by atoms with Gasteiger partial charge in [0.2, 0.25) is 0 Å². The summed E-state index contributed by atoms with van der Waals surface area (Å²) in [7, 11) is 0. The van der Waals surface area contributed by atoms with Crippen molar-refractivity contribution in [3.63, 3.8) is 0 Å². The van der Waals surface area contributed by atoms with Crippen molar-refractivity contribution in [3.05, 3.63) is 12.4 Å². The Balaban J connectivity index is 2.82. The van der Waals surface area contributed by atoms with E-state index in [-0.39, 0.29) is 0 Å². The van der Waals surface area contributed by atoms with Crippen LogP contribution >= 0.6 is 0 Å². The summed E-state index contributed by atoms with van der Waals surface area (Å²) < 4.78 is 11.2. The molecule has 0 unspecified atom stereocenters. The third-order valence-electron chi connectivity index (χ3n) is 0.782. The lowest BCUT2D eigenvalue weighted by Gasteiger charge is -1.82. The quantitative estimate of drug-likeness (QED) is 0.404. The van der Waals surface area contributed by atoms with E-state index in [4.69, 9.17) is 0 Å². The first kappa shape index (κ1) is 7.34. The van der Waals surface area contributed by atoms with Crippen LogP contribution in [0.1, 0.15) is 19.3 Å². The maximum absolute atomic E-state index is 11.2. The Bertz CT molecular complexity index is 78.6. The van der Waals surface area contributed by atoms with Crippen LogP contribution < -0.4 is 0 Å². The van der Waals surface area contributed by atoms with Crippen LogP contribution in [0.2, 0.25) is 0 Å². The van der Waals surface area contributed by atoms with Crippen LogP contribution in [0.4, 0.5) is 4.39 Å². The van der Waals surface area contributed by atoms with E-state index in [1.165, 1.54) is 6.08 Å². The number of hydrogen-bond donors (Lipinski definition) is 0. The molecule has 0 radical (unpaired) electrons. The average molecular weight is 116 g/mol. The van der Waals surface area contributed by atoms with E-state index >= 15 is 0 Å². The third-order valence-corrected chi connectivity index (χ3v) is 0.782. The molecule has 46 valence electrons. The van der Waals surface area contributed by atoms with Crippen LogP contribution in [0.25, 0.3) is 0 Å². The Morgan fingerprint density at radius 3 is 2.62 bits per heavy atom. The highest BCUT2D eigenvalue weighted by molar-refractivity contribution is 5.48. The van der Waals surface area contributed by atoms with Crippen molar-refractivity contribution in [2.75, 3.05) is 0 Å². The van der Waals surface area contributed by atoms with Crippen LogP contribution in [0, 0.1) is 0 Å². The molecule has 0 heterocycles. The van der Waals surface area contributed by atoms with Gasteiger partial charge >= 0.3 is 0 Å². The largest absolute Gasteiger partial charge is 0.303 e.